The van der Waals surface area contributed by atoms with Crippen molar-refractivity contribution in [2.45, 2.75) is 25.3 Å². The predicted octanol–water partition coefficient (Wildman–Crippen LogP) is 2.56. The summed E-state index contributed by atoms with van der Waals surface area (Å²) in [7, 11) is 0. The molecular formula is C14H18N4OS2. The molecular weight excluding hydrogens is 304 g/mol. The number of carbonyl (C=O) groups excluding carboxylic acids is 1. The number of amides is 1. The first kappa shape index (κ1) is 14.6. The third-order valence-corrected chi connectivity index (χ3v) is 5.23. The number of nitrogens with one attached hydrogen (secondary N) is 1. The van der Waals surface area contributed by atoms with Gasteiger partial charge in [-0.15, -0.1) is 16.4 Å². The van der Waals surface area contributed by atoms with Crippen molar-refractivity contribution >= 4 is 28.8 Å². The Morgan fingerprint density at radius 1 is 1.38 bits per heavy atom. The Balaban J connectivity index is 1.66. The number of thiophene rings is 1. The number of aromatic nitrogens is 2. The SMILES string of the molecule is O=C(NCC(c1cccs1)N1CCCCC1)c1csnn1. The van der Waals surface area contributed by atoms with Crippen molar-refractivity contribution in [3.8, 4) is 0 Å². The minimum atomic E-state index is -0.137. The number of hydrogen-bond acceptors (Lipinski definition) is 6. The Morgan fingerprint density at radius 3 is 2.90 bits per heavy atom. The summed E-state index contributed by atoms with van der Waals surface area (Å²) in [6.45, 7) is 2.84. The summed E-state index contributed by atoms with van der Waals surface area (Å²) < 4.78 is 3.73. The maximum atomic E-state index is 12.0. The van der Waals surface area contributed by atoms with Gasteiger partial charge in [-0.05, 0) is 48.9 Å². The van der Waals surface area contributed by atoms with E-state index in [1.807, 2.05) is 0 Å². The third kappa shape index (κ3) is 3.66. The average Bonchev–Trinajstić information content (AvgIpc) is 3.22. The molecule has 0 saturated carbocycles. The molecule has 1 amide bonds. The van der Waals surface area contributed by atoms with E-state index in [2.05, 4.69) is 37.3 Å². The van der Waals surface area contributed by atoms with E-state index in [1.165, 1.54) is 35.7 Å². The van der Waals surface area contributed by atoms with E-state index in [1.54, 1.807) is 16.7 Å². The molecule has 1 aliphatic rings. The van der Waals surface area contributed by atoms with Gasteiger partial charge in [0.25, 0.3) is 5.91 Å². The van der Waals surface area contributed by atoms with Crippen LogP contribution in [0.4, 0.5) is 0 Å². The number of piperidine rings is 1. The number of hydrogen-bond donors (Lipinski definition) is 1. The Hall–Kier alpha value is -1.31. The fourth-order valence-electron chi connectivity index (χ4n) is 2.66. The Bertz CT molecular complexity index is 550. The molecule has 0 spiro atoms. The fourth-order valence-corrected chi connectivity index (χ4v) is 3.96. The van der Waals surface area contributed by atoms with E-state index in [9.17, 15) is 4.79 Å². The van der Waals surface area contributed by atoms with E-state index in [-0.39, 0.29) is 11.9 Å². The monoisotopic (exact) mass is 322 g/mol. The molecule has 1 fully saturated rings. The summed E-state index contributed by atoms with van der Waals surface area (Å²) in [5.74, 6) is -0.137. The highest BCUT2D eigenvalue weighted by Gasteiger charge is 2.24. The number of rotatable bonds is 5. The third-order valence-electron chi connectivity index (χ3n) is 3.75. The molecule has 1 N–H and O–H groups in total. The molecule has 3 heterocycles. The van der Waals surface area contributed by atoms with Gasteiger partial charge in [0.15, 0.2) is 5.69 Å². The molecule has 21 heavy (non-hydrogen) atoms. The Labute approximate surface area is 132 Å². The van der Waals surface area contributed by atoms with Gasteiger partial charge >= 0.3 is 0 Å². The zero-order valence-corrected chi connectivity index (χ0v) is 13.3. The van der Waals surface area contributed by atoms with Crippen LogP contribution in [0.15, 0.2) is 22.9 Å². The number of likely N-dealkylation sites (tertiary alicyclic amines) is 1. The highest BCUT2D eigenvalue weighted by molar-refractivity contribution is 7.10. The lowest BCUT2D eigenvalue weighted by Crippen LogP contribution is -2.40. The van der Waals surface area contributed by atoms with Crippen LogP contribution in [-0.4, -0.2) is 40.0 Å². The molecule has 1 saturated heterocycles. The van der Waals surface area contributed by atoms with Crippen molar-refractivity contribution < 1.29 is 4.79 Å². The highest BCUT2D eigenvalue weighted by atomic mass is 32.1. The molecule has 0 bridgehead atoms. The lowest BCUT2D eigenvalue weighted by molar-refractivity contribution is 0.0920. The standard InChI is InChI=1S/C14H18N4OS2/c19-14(11-10-21-17-16-11)15-9-12(13-5-4-8-20-13)18-6-2-1-3-7-18/h4-5,8,10,12H,1-3,6-7,9H2,(H,15,19). The largest absolute Gasteiger partial charge is 0.349 e. The first-order chi connectivity index (χ1) is 10.3. The highest BCUT2D eigenvalue weighted by Crippen LogP contribution is 2.27. The minimum Gasteiger partial charge on any atom is -0.349 e. The van der Waals surface area contributed by atoms with Crippen LogP contribution in [0.3, 0.4) is 0 Å². The van der Waals surface area contributed by atoms with Crippen LogP contribution in [0.1, 0.15) is 40.7 Å². The molecule has 7 heteroatoms. The molecule has 1 atom stereocenters. The second-order valence-corrected chi connectivity index (χ2v) is 6.72. The van der Waals surface area contributed by atoms with Gasteiger partial charge in [0, 0.05) is 16.8 Å². The predicted molar refractivity (Wildman–Crippen MR) is 84.7 cm³/mol. The van der Waals surface area contributed by atoms with Crippen LogP contribution in [0, 0.1) is 0 Å². The van der Waals surface area contributed by atoms with E-state index < -0.39 is 0 Å². The van der Waals surface area contributed by atoms with Gasteiger partial charge in [-0.2, -0.15) is 0 Å². The zero-order valence-electron chi connectivity index (χ0n) is 11.7. The van der Waals surface area contributed by atoms with Gasteiger partial charge in [0.05, 0.1) is 6.04 Å². The molecule has 1 aliphatic heterocycles. The van der Waals surface area contributed by atoms with Gasteiger partial charge in [-0.1, -0.05) is 17.0 Å². The van der Waals surface area contributed by atoms with Crippen molar-refractivity contribution in [3.05, 3.63) is 33.5 Å². The summed E-state index contributed by atoms with van der Waals surface area (Å²) >= 11 is 2.95. The normalized spacial score (nSPS) is 17.5. The number of nitrogens with zero attached hydrogens (tertiary/aromatic N) is 3. The molecule has 1 unspecified atom stereocenters. The van der Waals surface area contributed by atoms with Crippen LogP contribution in [-0.2, 0) is 0 Å². The maximum absolute atomic E-state index is 12.0. The van der Waals surface area contributed by atoms with Gasteiger partial charge in [-0.3, -0.25) is 9.69 Å². The zero-order chi connectivity index (χ0) is 14.5. The summed E-state index contributed by atoms with van der Waals surface area (Å²) in [5, 5.41) is 10.6. The van der Waals surface area contributed by atoms with Crippen LogP contribution in [0.25, 0.3) is 0 Å². The Kier molecular flexibility index (Phi) is 4.95. The number of carbonyl (C=O) groups is 1. The van der Waals surface area contributed by atoms with Crippen LogP contribution in [0.5, 0.6) is 0 Å². The molecule has 0 radical (unpaired) electrons. The molecule has 2 aromatic rings. The van der Waals surface area contributed by atoms with Crippen molar-refractivity contribution in [1.82, 2.24) is 19.8 Å². The molecule has 112 valence electrons. The second-order valence-electron chi connectivity index (χ2n) is 5.13. The summed E-state index contributed by atoms with van der Waals surface area (Å²) in [6, 6.07) is 4.49. The molecule has 2 aromatic heterocycles. The quantitative estimate of drug-likeness (QED) is 0.919. The maximum Gasteiger partial charge on any atom is 0.272 e. The lowest BCUT2D eigenvalue weighted by atomic mass is 10.1. The summed E-state index contributed by atoms with van der Waals surface area (Å²) in [4.78, 5) is 15.8. The van der Waals surface area contributed by atoms with E-state index in [0.29, 0.717) is 12.2 Å². The van der Waals surface area contributed by atoms with Crippen molar-refractivity contribution in [1.29, 1.82) is 0 Å². The van der Waals surface area contributed by atoms with E-state index in [0.717, 1.165) is 13.1 Å². The van der Waals surface area contributed by atoms with Crippen LogP contribution >= 0.6 is 22.9 Å². The average molecular weight is 322 g/mol. The first-order valence-corrected chi connectivity index (χ1v) is 8.89. The molecule has 0 aromatic carbocycles. The van der Waals surface area contributed by atoms with Crippen LogP contribution in [0.2, 0.25) is 0 Å². The van der Waals surface area contributed by atoms with Crippen LogP contribution < -0.4 is 5.32 Å². The van der Waals surface area contributed by atoms with Crippen molar-refractivity contribution in [3.63, 3.8) is 0 Å². The summed E-state index contributed by atoms with van der Waals surface area (Å²) in [5.41, 5.74) is 0.406. The smallest absolute Gasteiger partial charge is 0.272 e. The summed E-state index contributed by atoms with van der Waals surface area (Å²) in [6.07, 6.45) is 3.79. The first-order valence-electron chi connectivity index (χ1n) is 7.17. The van der Waals surface area contributed by atoms with Crippen molar-refractivity contribution in [2.24, 2.45) is 0 Å². The molecule has 5 nitrogen and oxygen atoms in total. The van der Waals surface area contributed by atoms with Crippen molar-refractivity contribution in [2.75, 3.05) is 19.6 Å². The Morgan fingerprint density at radius 2 is 2.24 bits per heavy atom. The molecule has 3 rings (SSSR count). The van der Waals surface area contributed by atoms with Gasteiger partial charge in [0.1, 0.15) is 0 Å². The van der Waals surface area contributed by atoms with E-state index >= 15 is 0 Å². The fraction of sp³-hybridized carbons (Fsp3) is 0.500. The van der Waals surface area contributed by atoms with E-state index in [4.69, 9.17) is 0 Å². The molecule has 0 aliphatic carbocycles. The van der Waals surface area contributed by atoms with Gasteiger partial charge in [0.2, 0.25) is 0 Å². The topological polar surface area (TPSA) is 58.1 Å². The lowest BCUT2D eigenvalue weighted by Gasteiger charge is -2.34. The minimum absolute atomic E-state index is 0.137. The second kappa shape index (κ2) is 7.11. The van der Waals surface area contributed by atoms with Gasteiger partial charge < -0.3 is 5.32 Å². The van der Waals surface area contributed by atoms with Gasteiger partial charge in [-0.25, -0.2) is 0 Å².